The lowest BCUT2D eigenvalue weighted by atomic mass is 10.1. The summed E-state index contributed by atoms with van der Waals surface area (Å²) in [5.74, 6) is -1.95. The summed E-state index contributed by atoms with van der Waals surface area (Å²) in [5, 5.41) is 0. The molecule has 0 aliphatic carbocycles. The zero-order valence-electron chi connectivity index (χ0n) is 12.3. The van der Waals surface area contributed by atoms with Crippen LogP contribution in [0.3, 0.4) is 0 Å². The highest BCUT2D eigenvalue weighted by Gasteiger charge is 2.29. The zero-order chi connectivity index (χ0) is 16.3. The Morgan fingerprint density at radius 3 is 2.77 bits per heavy atom. The molecule has 1 aliphatic rings. The van der Waals surface area contributed by atoms with E-state index in [1.54, 1.807) is 0 Å². The van der Waals surface area contributed by atoms with Crippen LogP contribution in [0.25, 0.3) is 0 Å². The number of nitrogens with two attached hydrogens (primary N) is 1. The van der Waals surface area contributed by atoms with Crippen LogP contribution in [-0.4, -0.2) is 39.8 Å². The number of primary amides is 1. The van der Waals surface area contributed by atoms with E-state index in [2.05, 4.69) is 0 Å². The van der Waals surface area contributed by atoms with E-state index in [0.29, 0.717) is 13.0 Å². The maximum Gasteiger partial charge on any atom is 0.250 e. The Morgan fingerprint density at radius 2 is 2.18 bits per heavy atom. The van der Waals surface area contributed by atoms with Crippen molar-refractivity contribution in [1.29, 1.82) is 0 Å². The molecule has 0 spiro atoms. The summed E-state index contributed by atoms with van der Waals surface area (Å²) >= 11 is 0. The first-order valence-electron chi connectivity index (χ1n) is 6.99. The molecule has 8 heteroatoms. The summed E-state index contributed by atoms with van der Waals surface area (Å²) in [5.41, 5.74) is 4.70. The van der Waals surface area contributed by atoms with Crippen LogP contribution >= 0.6 is 0 Å². The van der Waals surface area contributed by atoms with Gasteiger partial charge in [0.1, 0.15) is 5.82 Å². The number of carbonyl (C=O) groups excluding carboxylic acids is 1. The van der Waals surface area contributed by atoms with Gasteiger partial charge in [0, 0.05) is 13.7 Å². The second-order valence-electron chi connectivity index (χ2n) is 5.23. The first-order valence-corrected chi connectivity index (χ1v) is 8.60. The Labute approximate surface area is 129 Å². The maximum atomic E-state index is 14.0. The van der Waals surface area contributed by atoms with Gasteiger partial charge in [-0.25, -0.2) is 12.8 Å². The van der Waals surface area contributed by atoms with E-state index < -0.39 is 27.9 Å². The number of anilines is 1. The number of para-hydroxylation sites is 1. The summed E-state index contributed by atoms with van der Waals surface area (Å²) in [7, 11) is -2.62. The maximum absolute atomic E-state index is 14.0. The SMILES string of the molecule is CN(c1c(F)cccc1C(N)=O)S(=O)(=O)CC1CCCCO1. The van der Waals surface area contributed by atoms with Gasteiger partial charge in [-0.15, -0.1) is 0 Å². The van der Waals surface area contributed by atoms with Crippen molar-refractivity contribution < 1.29 is 22.3 Å². The predicted octanol–water partition coefficient (Wildman–Crippen LogP) is 1.26. The molecule has 0 saturated carbocycles. The molecule has 0 bridgehead atoms. The lowest BCUT2D eigenvalue weighted by Crippen LogP contribution is -2.37. The molecule has 2 N–H and O–H groups in total. The molecule has 1 fully saturated rings. The molecule has 22 heavy (non-hydrogen) atoms. The Morgan fingerprint density at radius 1 is 1.45 bits per heavy atom. The summed E-state index contributed by atoms with van der Waals surface area (Å²) in [6.45, 7) is 0.524. The van der Waals surface area contributed by atoms with Crippen LogP contribution in [-0.2, 0) is 14.8 Å². The molecule has 1 unspecified atom stereocenters. The molecule has 1 aromatic carbocycles. The Hall–Kier alpha value is -1.67. The molecule has 6 nitrogen and oxygen atoms in total. The van der Waals surface area contributed by atoms with E-state index in [4.69, 9.17) is 10.5 Å². The van der Waals surface area contributed by atoms with Gasteiger partial charge in [-0.05, 0) is 31.4 Å². The van der Waals surface area contributed by atoms with Crippen LogP contribution in [0.5, 0.6) is 0 Å². The molecule has 1 saturated heterocycles. The molecule has 1 aromatic rings. The number of halogens is 1. The first kappa shape index (κ1) is 16.7. The minimum atomic E-state index is -3.83. The van der Waals surface area contributed by atoms with Gasteiger partial charge in [-0.1, -0.05) is 6.07 Å². The van der Waals surface area contributed by atoms with Crippen LogP contribution in [0, 0.1) is 5.82 Å². The molecule has 0 radical (unpaired) electrons. The molecule has 1 amide bonds. The number of rotatable bonds is 5. The molecule has 1 aliphatic heterocycles. The number of hydrogen-bond donors (Lipinski definition) is 1. The van der Waals surface area contributed by atoms with Gasteiger partial charge in [0.05, 0.1) is 23.1 Å². The molecule has 2 rings (SSSR count). The number of carbonyl (C=O) groups is 1. The smallest absolute Gasteiger partial charge is 0.250 e. The Kier molecular flexibility index (Phi) is 5.02. The molecular weight excluding hydrogens is 311 g/mol. The van der Waals surface area contributed by atoms with Crippen LogP contribution in [0.4, 0.5) is 10.1 Å². The van der Waals surface area contributed by atoms with E-state index in [1.165, 1.54) is 19.2 Å². The van der Waals surface area contributed by atoms with Crippen LogP contribution in [0.1, 0.15) is 29.6 Å². The third-order valence-electron chi connectivity index (χ3n) is 3.65. The van der Waals surface area contributed by atoms with Crippen LogP contribution in [0.15, 0.2) is 18.2 Å². The average molecular weight is 330 g/mol. The van der Waals surface area contributed by atoms with Crippen molar-refractivity contribution >= 4 is 21.6 Å². The molecular formula is C14H19FN2O4S. The predicted molar refractivity (Wildman–Crippen MR) is 80.7 cm³/mol. The van der Waals surface area contributed by atoms with Crippen molar-refractivity contribution in [2.45, 2.75) is 25.4 Å². The minimum Gasteiger partial charge on any atom is -0.377 e. The second-order valence-corrected chi connectivity index (χ2v) is 7.28. The number of amides is 1. The van der Waals surface area contributed by atoms with Crippen molar-refractivity contribution in [3.05, 3.63) is 29.6 Å². The van der Waals surface area contributed by atoms with Gasteiger partial charge >= 0.3 is 0 Å². The standard InChI is InChI=1S/C14H19FN2O4S/c1-17(13-11(14(16)18)6-4-7-12(13)15)22(19,20)9-10-5-2-3-8-21-10/h4,6-7,10H,2-3,5,8-9H2,1H3,(H2,16,18). The molecule has 1 atom stereocenters. The van der Waals surface area contributed by atoms with Crippen molar-refractivity contribution in [2.75, 3.05) is 23.7 Å². The first-order chi connectivity index (χ1) is 10.3. The lowest BCUT2D eigenvalue weighted by molar-refractivity contribution is 0.0305. The van der Waals surface area contributed by atoms with Gasteiger partial charge in [-0.3, -0.25) is 9.10 Å². The quantitative estimate of drug-likeness (QED) is 0.880. The van der Waals surface area contributed by atoms with Crippen LogP contribution in [0.2, 0.25) is 0 Å². The van der Waals surface area contributed by atoms with Crippen LogP contribution < -0.4 is 10.0 Å². The fraction of sp³-hybridized carbons (Fsp3) is 0.500. The summed E-state index contributed by atoms with van der Waals surface area (Å²) in [6, 6.07) is 3.69. The van der Waals surface area contributed by atoms with Gasteiger partial charge < -0.3 is 10.5 Å². The lowest BCUT2D eigenvalue weighted by Gasteiger charge is -2.27. The highest BCUT2D eigenvalue weighted by molar-refractivity contribution is 7.92. The number of nitrogens with zero attached hydrogens (tertiary/aromatic N) is 1. The molecule has 0 aromatic heterocycles. The van der Waals surface area contributed by atoms with Gasteiger partial charge in [0.15, 0.2) is 0 Å². The summed E-state index contributed by atoms with van der Waals surface area (Å²) in [6.07, 6.45) is 2.04. The van der Waals surface area contributed by atoms with Gasteiger partial charge in [-0.2, -0.15) is 0 Å². The molecule has 122 valence electrons. The number of ether oxygens (including phenoxy) is 1. The second kappa shape index (κ2) is 6.62. The van der Waals surface area contributed by atoms with Gasteiger partial charge in [0.2, 0.25) is 10.0 Å². The van der Waals surface area contributed by atoms with Crippen molar-refractivity contribution in [1.82, 2.24) is 0 Å². The monoisotopic (exact) mass is 330 g/mol. The topological polar surface area (TPSA) is 89.7 Å². The number of sulfonamides is 1. The van der Waals surface area contributed by atoms with E-state index in [1.807, 2.05) is 0 Å². The van der Waals surface area contributed by atoms with E-state index in [0.717, 1.165) is 23.2 Å². The molecule has 1 heterocycles. The van der Waals surface area contributed by atoms with E-state index >= 15 is 0 Å². The van der Waals surface area contributed by atoms with Crippen molar-refractivity contribution in [3.8, 4) is 0 Å². The normalized spacial score (nSPS) is 18.9. The Balaban J connectivity index is 2.30. The van der Waals surface area contributed by atoms with E-state index in [9.17, 15) is 17.6 Å². The fourth-order valence-electron chi connectivity index (χ4n) is 2.46. The minimum absolute atomic E-state index is 0.171. The average Bonchev–Trinajstić information content (AvgIpc) is 2.46. The van der Waals surface area contributed by atoms with Crippen molar-refractivity contribution in [3.63, 3.8) is 0 Å². The van der Waals surface area contributed by atoms with Gasteiger partial charge in [0.25, 0.3) is 5.91 Å². The number of hydrogen-bond acceptors (Lipinski definition) is 4. The Bertz CT molecular complexity index is 657. The third-order valence-corrected chi connectivity index (χ3v) is 5.47. The number of benzene rings is 1. The fourth-order valence-corrected chi connectivity index (χ4v) is 3.88. The largest absolute Gasteiger partial charge is 0.377 e. The highest BCUT2D eigenvalue weighted by atomic mass is 32.2. The third kappa shape index (κ3) is 3.56. The van der Waals surface area contributed by atoms with E-state index in [-0.39, 0.29) is 17.0 Å². The van der Waals surface area contributed by atoms with Crippen molar-refractivity contribution in [2.24, 2.45) is 5.73 Å². The highest BCUT2D eigenvalue weighted by Crippen LogP contribution is 2.27. The summed E-state index contributed by atoms with van der Waals surface area (Å²) < 4.78 is 45.1. The summed E-state index contributed by atoms with van der Waals surface area (Å²) in [4.78, 5) is 11.4. The zero-order valence-corrected chi connectivity index (χ0v) is 13.1.